The standard InChI is InChI=1S/C22H16N2O4/c1-14-6-5-9-16(12-14)24-21(26)18(20(25)23-22(24)27)13-17-10-11-19(28-17)15-7-3-2-4-8-15/h2-13H,1H3,(H,23,25,27)/b18-13+. The summed E-state index contributed by atoms with van der Waals surface area (Å²) in [6.45, 7) is 1.85. The lowest BCUT2D eigenvalue weighted by Crippen LogP contribution is -2.54. The van der Waals surface area contributed by atoms with Gasteiger partial charge in [-0.15, -0.1) is 0 Å². The molecule has 0 spiro atoms. The summed E-state index contributed by atoms with van der Waals surface area (Å²) in [6, 6.07) is 19.1. The van der Waals surface area contributed by atoms with Crippen molar-refractivity contribution in [3.8, 4) is 11.3 Å². The number of hydrogen-bond donors (Lipinski definition) is 1. The third-order valence-electron chi connectivity index (χ3n) is 4.33. The molecule has 2 heterocycles. The highest BCUT2D eigenvalue weighted by molar-refractivity contribution is 6.39. The van der Waals surface area contributed by atoms with Crippen LogP contribution in [0.1, 0.15) is 11.3 Å². The molecule has 4 amide bonds. The number of amides is 4. The van der Waals surface area contributed by atoms with Gasteiger partial charge in [0.2, 0.25) is 0 Å². The van der Waals surface area contributed by atoms with Crippen molar-refractivity contribution in [2.24, 2.45) is 0 Å². The number of benzene rings is 2. The number of anilines is 1. The predicted molar refractivity (Wildman–Crippen MR) is 104 cm³/mol. The van der Waals surface area contributed by atoms with E-state index in [0.29, 0.717) is 17.2 Å². The van der Waals surface area contributed by atoms with Crippen molar-refractivity contribution in [2.45, 2.75) is 6.92 Å². The number of hydrogen-bond acceptors (Lipinski definition) is 4. The van der Waals surface area contributed by atoms with Gasteiger partial charge in [-0.05, 0) is 42.8 Å². The molecule has 0 atom stereocenters. The molecular formula is C22H16N2O4. The molecule has 28 heavy (non-hydrogen) atoms. The third-order valence-corrected chi connectivity index (χ3v) is 4.33. The van der Waals surface area contributed by atoms with Gasteiger partial charge >= 0.3 is 6.03 Å². The Bertz CT molecular complexity index is 1110. The Hall–Kier alpha value is -3.93. The number of nitrogens with zero attached hydrogens (tertiary/aromatic N) is 1. The highest BCUT2D eigenvalue weighted by Crippen LogP contribution is 2.26. The van der Waals surface area contributed by atoms with Crippen LogP contribution in [0, 0.1) is 6.92 Å². The van der Waals surface area contributed by atoms with Crippen molar-refractivity contribution >= 4 is 29.6 Å². The van der Waals surface area contributed by atoms with E-state index in [1.165, 1.54) is 6.08 Å². The fourth-order valence-corrected chi connectivity index (χ4v) is 2.99. The van der Waals surface area contributed by atoms with Gasteiger partial charge in [-0.2, -0.15) is 0 Å². The minimum atomic E-state index is -0.776. The second kappa shape index (κ2) is 7.00. The maximum Gasteiger partial charge on any atom is 0.335 e. The minimum absolute atomic E-state index is 0.171. The van der Waals surface area contributed by atoms with E-state index in [4.69, 9.17) is 4.42 Å². The summed E-state index contributed by atoms with van der Waals surface area (Å²) in [5, 5.41) is 2.20. The fourth-order valence-electron chi connectivity index (χ4n) is 2.99. The van der Waals surface area contributed by atoms with Crippen LogP contribution >= 0.6 is 0 Å². The van der Waals surface area contributed by atoms with Crippen LogP contribution in [-0.2, 0) is 9.59 Å². The number of rotatable bonds is 3. The summed E-state index contributed by atoms with van der Waals surface area (Å²) in [5.74, 6) is -0.493. The number of furan rings is 1. The molecule has 1 aliphatic rings. The molecule has 0 aliphatic carbocycles. The van der Waals surface area contributed by atoms with Gasteiger partial charge in [0.1, 0.15) is 17.1 Å². The molecule has 2 aromatic carbocycles. The third kappa shape index (κ3) is 3.23. The van der Waals surface area contributed by atoms with E-state index in [9.17, 15) is 14.4 Å². The van der Waals surface area contributed by atoms with Crippen LogP contribution in [0.5, 0.6) is 0 Å². The lowest BCUT2D eigenvalue weighted by Gasteiger charge is -2.26. The highest BCUT2D eigenvalue weighted by Gasteiger charge is 2.37. The van der Waals surface area contributed by atoms with Crippen molar-refractivity contribution in [1.29, 1.82) is 0 Å². The van der Waals surface area contributed by atoms with Crippen molar-refractivity contribution in [3.63, 3.8) is 0 Å². The highest BCUT2D eigenvalue weighted by atomic mass is 16.3. The van der Waals surface area contributed by atoms with Crippen LogP contribution in [0.3, 0.4) is 0 Å². The Morgan fingerprint density at radius 3 is 2.46 bits per heavy atom. The first-order valence-electron chi connectivity index (χ1n) is 8.66. The molecule has 1 fully saturated rings. The van der Waals surface area contributed by atoms with E-state index in [1.807, 2.05) is 43.3 Å². The van der Waals surface area contributed by atoms with Crippen LogP contribution in [0.4, 0.5) is 10.5 Å². The van der Waals surface area contributed by atoms with E-state index in [1.54, 1.807) is 30.3 Å². The SMILES string of the molecule is Cc1cccc(N2C(=O)NC(=O)/C(=C\c3ccc(-c4ccccc4)o3)C2=O)c1. The van der Waals surface area contributed by atoms with Gasteiger partial charge in [-0.3, -0.25) is 14.9 Å². The maximum absolute atomic E-state index is 12.9. The lowest BCUT2D eigenvalue weighted by molar-refractivity contribution is -0.122. The Kier molecular flexibility index (Phi) is 4.37. The van der Waals surface area contributed by atoms with Gasteiger partial charge in [-0.1, -0.05) is 42.5 Å². The number of urea groups is 1. The molecule has 138 valence electrons. The summed E-state index contributed by atoms with van der Waals surface area (Å²) in [6.07, 6.45) is 1.35. The molecule has 0 saturated carbocycles. The number of imide groups is 2. The fraction of sp³-hybridized carbons (Fsp3) is 0.0455. The van der Waals surface area contributed by atoms with E-state index >= 15 is 0 Å². The van der Waals surface area contributed by atoms with Crippen LogP contribution in [-0.4, -0.2) is 17.8 Å². The molecule has 0 bridgehead atoms. The Morgan fingerprint density at radius 1 is 0.929 bits per heavy atom. The second-order valence-electron chi connectivity index (χ2n) is 6.36. The number of carbonyl (C=O) groups excluding carboxylic acids is 3. The van der Waals surface area contributed by atoms with Crippen molar-refractivity contribution in [2.75, 3.05) is 4.90 Å². The smallest absolute Gasteiger partial charge is 0.335 e. The van der Waals surface area contributed by atoms with E-state index in [0.717, 1.165) is 16.0 Å². The number of nitrogens with one attached hydrogen (secondary N) is 1. The van der Waals surface area contributed by atoms with Gasteiger partial charge < -0.3 is 4.42 Å². The van der Waals surface area contributed by atoms with E-state index in [2.05, 4.69) is 5.32 Å². The molecule has 6 heteroatoms. The number of barbiturate groups is 1. The van der Waals surface area contributed by atoms with Gasteiger partial charge in [0.15, 0.2) is 0 Å². The number of aryl methyl sites for hydroxylation is 1. The Balaban J connectivity index is 1.69. The summed E-state index contributed by atoms with van der Waals surface area (Å²) in [7, 11) is 0. The van der Waals surface area contributed by atoms with Crippen LogP contribution in [0.15, 0.2) is 76.7 Å². The molecule has 0 radical (unpaired) electrons. The Labute approximate surface area is 161 Å². The van der Waals surface area contributed by atoms with Crippen LogP contribution in [0.2, 0.25) is 0 Å². The zero-order valence-electron chi connectivity index (χ0n) is 15.0. The molecule has 4 rings (SSSR count). The molecule has 1 saturated heterocycles. The summed E-state index contributed by atoms with van der Waals surface area (Å²) in [4.78, 5) is 38.3. The average molecular weight is 372 g/mol. The molecule has 1 aromatic heterocycles. The zero-order chi connectivity index (χ0) is 19.7. The molecular weight excluding hydrogens is 356 g/mol. The summed E-state index contributed by atoms with van der Waals surface area (Å²) >= 11 is 0. The zero-order valence-corrected chi connectivity index (χ0v) is 15.0. The maximum atomic E-state index is 12.9. The second-order valence-corrected chi connectivity index (χ2v) is 6.36. The van der Waals surface area contributed by atoms with Crippen molar-refractivity contribution < 1.29 is 18.8 Å². The molecule has 1 aliphatic heterocycles. The van der Waals surface area contributed by atoms with Gasteiger partial charge in [-0.25, -0.2) is 9.69 Å². The normalized spacial score (nSPS) is 15.8. The van der Waals surface area contributed by atoms with Crippen molar-refractivity contribution in [3.05, 3.63) is 83.6 Å². The number of carbonyl (C=O) groups is 3. The van der Waals surface area contributed by atoms with Crippen LogP contribution in [0.25, 0.3) is 17.4 Å². The topological polar surface area (TPSA) is 79.6 Å². The van der Waals surface area contributed by atoms with Gasteiger partial charge in [0.05, 0.1) is 5.69 Å². The first-order chi connectivity index (χ1) is 13.5. The Morgan fingerprint density at radius 2 is 1.71 bits per heavy atom. The first-order valence-corrected chi connectivity index (χ1v) is 8.66. The van der Waals surface area contributed by atoms with Crippen molar-refractivity contribution in [1.82, 2.24) is 5.32 Å². The quantitative estimate of drug-likeness (QED) is 0.558. The summed E-state index contributed by atoms with van der Waals surface area (Å²) < 4.78 is 5.74. The van der Waals surface area contributed by atoms with E-state index in [-0.39, 0.29) is 5.57 Å². The molecule has 3 aromatic rings. The first kappa shape index (κ1) is 17.5. The predicted octanol–water partition coefficient (Wildman–Crippen LogP) is 3.92. The van der Waals surface area contributed by atoms with Crippen LogP contribution < -0.4 is 10.2 Å². The molecule has 6 nitrogen and oxygen atoms in total. The summed E-state index contributed by atoms with van der Waals surface area (Å²) in [5.41, 5.74) is 1.99. The lowest BCUT2D eigenvalue weighted by atomic mass is 10.1. The van der Waals surface area contributed by atoms with Gasteiger partial charge in [0, 0.05) is 5.56 Å². The molecule has 0 unspecified atom stereocenters. The van der Waals surface area contributed by atoms with E-state index < -0.39 is 17.8 Å². The average Bonchev–Trinajstić information content (AvgIpc) is 3.14. The minimum Gasteiger partial charge on any atom is -0.457 e. The molecule has 1 N–H and O–H groups in total. The van der Waals surface area contributed by atoms with Gasteiger partial charge in [0.25, 0.3) is 11.8 Å². The largest absolute Gasteiger partial charge is 0.457 e. The monoisotopic (exact) mass is 372 g/mol.